The Kier molecular flexibility index (Phi) is 4.80. The fourth-order valence-electron chi connectivity index (χ4n) is 1.45. The zero-order chi connectivity index (χ0) is 9.78. The summed E-state index contributed by atoms with van der Waals surface area (Å²) in [6.45, 7) is 10.0. The Hall–Kier alpha value is -0.0800. The summed E-state index contributed by atoms with van der Waals surface area (Å²) in [6.07, 6.45) is 1.18. The Bertz CT molecular complexity index is 119. The van der Waals surface area contributed by atoms with E-state index in [-0.39, 0.29) is 5.54 Å². The van der Waals surface area contributed by atoms with Gasteiger partial charge in [0.15, 0.2) is 0 Å². The van der Waals surface area contributed by atoms with E-state index in [0.717, 1.165) is 6.54 Å². The van der Waals surface area contributed by atoms with Crippen molar-refractivity contribution >= 4 is 0 Å². The van der Waals surface area contributed by atoms with Gasteiger partial charge in [-0.2, -0.15) is 0 Å². The quantitative estimate of drug-likeness (QED) is 0.679. The summed E-state index contributed by atoms with van der Waals surface area (Å²) < 4.78 is 0. The summed E-state index contributed by atoms with van der Waals surface area (Å²) in [7, 11) is 4.28. The van der Waals surface area contributed by atoms with Crippen molar-refractivity contribution in [3.05, 3.63) is 0 Å². The van der Waals surface area contributed by atoms with Crippen LogP contribution in [-0.2, 0) is 0 Å². The van der Waals surface area contributed by atoms with E-state index < -0.39 is 0 Å². The topological polar surface area (TPSA) is 15.3 Å². The van der Waals surface area contributed by atoms with E-state index in [2.05, 4.69) is 52.0 Å². The molecule has 2 heteroatoms. The van der Waals surface area contributed by atoms with Crippen LogP contribution in [0.3, 0.4) is 0 Å². The average molecular weight is 172 g/mol. The molecule has 0 aromatic carbocycles. The van der Waals surface area contributed by atoms with Crippen LogP contribution in [0.15, 0.2) is 0 Å². The Balaban J connectivity index is 4.25. The molecular weight excluding hydrogens is 148 g/mol. The number of rotatable bonds is 5. The summed E-state index contributed by atoms with van der Waals surface area (Å²) in [5.41, 5.74) is 0.241. The fraction of sp³-hybridized carbons (Fsp3) is 1.00. The van der Waals surface area contributed by atoms with E-state index in [1.54, 1.807) is 0 Å². The first-order valence-electron chi connectivity index (χ1n) is 4.87. The van der Waals surface area contributed by atoms with Gasteiger partial charge in [-0.3, -0.25) is 0 Å². The van der Waals surface area contributed by atoms with Crippen LogP contribution in [0.25, 0.3) is 0 Å². The van der Waals surface area contributed by atoms with Gasteiger partial charge < -0.3 is 10.2 Å². The molecule has 1 N–H and O–H groups in total. The van der Waals surface area contributed by atoms with Crippen molar-refractivity contribution in [2.75, 3.05) is 20.6 Å². The minimum absolute atomic E-state index is 0.241. The lowest BCUT2D eigenvalue weighted by Crippen LogP contribution is -2.54. The normalized spacial score (nSPS) is 15.2. The van der Waals surface area contributed by atoms with E-state index in [1.807, 2.05) is 0 Å². The molecule has 12 heavy (non-hydrogen) atoms. The number of nitrogens with one attached hydrogen (secondary N) is 1. The van der Waals surface area contributed by atoms with Gasteiger partial charge in [-0.25, -0.2) is 0 Å². The first-order valence-corrected chi connectivity index (χ1v) is 4.87. The number of likely N-dealkylation sites (N-methyl/N-ethyl adjacent to an activating group) is 2. The van der Waals surface area contributed by atoms with Crippen LogP contribution in [-0.4, -0.2) is 37.1 Å². The third-order valence-electron chi connectivity index (χ3n) is 2.86. The molecule has 0 amide bonds. The third kappa shape index (κ3) is 2.76. The van der Waals surface area contributed by atoms with Gasteiger partial charge in [0.2, 0.25) is 0 Å². The molecule has 0 saturated carbocycles. The molecule has 0 saturated heterocycles. The largest absolute Gasteiger partial charge is 0.312 e. The van der Waals surface area contributed by atoms with Gasteiger partial charge >= 0.3 is 0 Å². The second kappa shape index (κ2) is 4.83. The Morgan fingerprint density at radius 3 is 2.00 bits per heavy atom. The lowest BCUT2D eigenvalue weighted by atomic mass is 9.91. The van der Waals surface area contributed by atoms with Gasteiger partial charge in [0.1, 0.15) is 0 Å². The van der Waals surface area contributed by atoms with Gasteiger partial charge in [0, 0.05) is 11.6 Å². The standard InChI is InChI=1S/C10H24N2/c1-7-9(11-8-2)10(3,4)12(5)6/h9,11H,7-8H2,1-6H3. The SMILES string of the molecule is CCNC(CC)C(C)(C)N(C)C. The van der Waals surface area contributed by atoms with Crippen LogP contribution in [0.4, 0.5) is 0 Å². The molecule has 0 aromatic rings. The van der Waals surface area contributed by atoms with Gasteiger partial charge in [-0.15, -0.1) is 0 Å². The Labute approximate surface area is 77.3 Å². The van der Waals surface area contributed by atoms with E-state index in [0.29, 0.717) is 6.04 Å². The van der Waals surface area contributed by atoms with Crippen molar-refractivity contribution < 1.29 is 0 Å². The van der Waals surface area contributed by atoms with Crippen molar-refractivity contribution in [2.24, 2.45) is 0 Å². The number of hydrogen-bond acceptors (Lipinski definition) is 2. The second-order valence-electron chi connectivity index (χ2n) is 4.07. The maximum atomic E-state index is 3.51. The molecule has 0 aromatic heterocycles. The molecule has 74 valence electrons. The van der Waals surface area contributed by atoms with Gasteiger partial charge in [-0.05, 0) is 40.9 Å². The zero-order valence-corrected chi connectivity index (χ0v) is 9.44. The second-order valence-corrected chi connectivity index (χ2v) is 4.07. The van der Waals surface area contributed by atoms with Crippen molar-refractivity contribution in [2.45, 2.75) is 45.7 Å². The first kappa shape index (κ1) is 11.9. The van der Waals surface area contributed by atoms with Gasteiger partial charge in [-0.1, -0.05) is 13.8 Å². The fourth-order valence-corrected chi connectivity index (χ4v) is 1.45. The number of nitrogens with zero attached hydrogens (tertiary/aromatic N) is 1. The van der Waals surface area contributed by atoms with Crippen molar-refractivity contribution in [3.8, 4) is 0 Å². The van der Waals surface area contributed by atoms with Crippen LogP contribution in [0.5, 0.6) is 0 Å². The highest BCUT2D eigenvalue weighted by molar-refractivity contribution is 4.89. The van der Waals surface area contributed by atoms with E-state index in [4.69, 9.17) is 0 Å². The minimum atomic E-state index is 0.241. The molecule has 0 rings (SSSR count). The van der Waals surface area contributed by atoms with Crippen LogP contribution in [0.2, 0.25) is 0 Å². The smallest absolute Gasteiger partial charge is 0.0300 e. The van der Waals surface area contributed by atoms with Crippen molar-refractivity contribution in [1.29, 1.82) is 0 Å². The lowest BCUT2D eigenvalue weighted by molar-refractivity contribution is 0.136. The van der Waals surface area contributed by atoms with E-state index in [9.17, 15) is 0 Å². The summed E-state index contributed by atoms with van der Waals surface area (Å²) in [5, 5.41) is 3.51. The van der Waals surface area contributed by atoms with Crippen molar-refractivity contribution in [3.63, 3.8) is 0 Å². The molecule has 1 unspecified atom stereocenters. The molecule has 0 heterocycles. The van der Waals surface area contributed by atoms with Crippen LogP contribution in [0, 0.1) is 0 Å². The van der Waals surface area contributed by atoms with Crippen LogP contribution in [0.1, 0.15) is 34.1 Å². The summed E-state index contributed by atoms with van der Waals surface area (Å²) >= 11 is 0. The first-order chi connectivity index (χ1) is 5.46. The Morgan fingerprint density at radius 2 is 1.75 bits per heavy atom. The van der Waals surface area contributed by atoms with Gasteiger partial charge in [0.25, 0.3) is 0 Å². The van der Waals surface area contributed by atoms with Crippen LogP contribution < -0.4 is 5.32 Å². The van der Waals surface area contributed by atoms with Crippen LogP contribution >= 0.6 is 0 Å². The molecule has 0 aliphatic rings. The summed E-state index contributed by atoms with van der Waals surface area (Å²) in [4.78, 5) is 2.28. The molecule has 0 spiro atoms. The van der Waals surface area contributed by atoms with E-state index >= 15 is 0 Å². The predicted octanol–water partition coefficient (Wildman–Crippen LogP) is 1.71. The molecule has 0 bridgehead atoms. The molecule has 0 radical (unpaired) electrons. The lowest BCUT2D eigenvalue weighted by Gasteiger charge is -2.40. The van der Waals surface area contributed by atoms with E-state index in [1.165, 1.54) is 6.42 Å². The van der Waals surface area contributed by atoms with Crippen molar-refractivity contribution in [1.82, 2.24) is 10.2 Å². The molecule has 0 fully saturated rings. The maximum absolute atomic E-state index is 3.51. The predicted molar refractivity (Wildman–Crippen MR) is 55.5 cm³/mol. The zero-order valence-electron chi connectivity index (χ0n) is 9.44. The molecule has 2 nitrogen and oxygen atoms in total. The number of hydrogen-bond donors (Lipinski definition) is 1. The average Bonchev–Trinajstić information content (AvgIpc) is 1.99. The minimum Gasteiger partial charge on any atom is -0.312 e. The van der Waals surface area contributed by atoms with Gasteiger partial charge in [0.05, 0.1) is 0 Å². The third-order valence-corrected chi connectivity index (χ3v) is 2.86. The molecule has 0 aliphatic heterocycles. The monoisotopic (exact) mass is 172 g/mol. The highest BCUT2D eigenvalue weighted by atomic mass is 15.2. The summed E-state index contributed by atoms with van der Waals surface area (Å²) in [6, 6.07) is 0.581. The highest BCUT2D eigenvalue weighted by Gasteiger charge is 2.29. The molecule has 1 atom stereocenters. The molecule has 0 aliphatic carbocycles. The highest BCUT2D eigenvalue weighted by Crippen LogP contribution is 2.17. The maximum Gasteiger partial charge on any atom is 0.0300 e. The summed E-state index contributed by atoms with van der Waals surface area (Å²) in [5.74, 6) is 0. The Morgan fingerprint density at radius 1 is 1.25 bits per heavy atom. The molecular formula is C10H24N2.